The third-order valence-corrected chi connectivity index (χ3v) is 4.09. The maximum absolute atomic E-state index is 13.0. The van der Waals surface area contributed by atoms with E-state index in [1.807, 2.05) is 13.8 Å². The quantitative estimate of drug-likeness (QED) is 0.577. The van der Waals surface area contributed by atoms with Crippen molar-refractivity contribution in [3.63, 3.8) is 0 Å². The largest absolute Gasteiger partial charge is 0.471 e. The Hall–Kier alpha value is -3.20. The number of nitrogens with one attached hydrogen (secondary N) is 3. The number of nitrogens with zero attached hydrogens (tertiary/aromatic N) is 2. The van der Waals surface area contributed by atoms with Crippen LogP contribution in [0.15, 0.2) is 36.5 Å². The Labute approximate surface area is 161 Å². The van der Waals surface area contributed by atoms with Gasteiger partial charge < -0.3 is 14.8 Å². The Balaban J connectivity index is 1.63. The number of urea groups is 1. The Kier molecular flexibility index (Phi) is 6.05. The number of ether oxygens (including phenoxy) is 2. The van der Waals surface area contributed by atoms with Gasteiger partial charge in [0.2, 0.25) is 5.88 Å². The normalized spacial score (nSPS) is 13.1. The topological polar surface area (TPSA) is 101 Å². The van der Waals surface area contributed by atoms with Crippen molar-refractivity contribution in [2.75, 3.05) is 19.0 Å². The van der Waals surface area contributed by atoms with E-state index >= 15 is 0 Å². The Morgan fingerprint density at radius 2 is 2.04 bits per heavy atom. The van der Waals surface area contributed by atoms with Gasteiger partial charge >= 0.3 is 6.03 Å². The second-order valence-electron chi connectivity index (χ2n) is 6.40. The standard InChI is InChI=1S/C19H22FN5O3/c1-11(10-27-3)28-18-15-9-21-17(8-16(15)24-25-18)23-19(26)22-12(2)13-4-6-14(20)7-5-13/h4-9,11-12H,10H2,1-3H3,(H,24,25)(H2,21,22,23,26)/t11?,12-/m1/s1. The van der Waals surface area contributed by atoms with Crippen LogP contribution in [0.4, 0.5) is 15.0 Å². The van der Waals surface area contributed by atoms with Crippen molar-refractivity contribution in [3.05, 3.63) is 47.9 Å². The number of halogens is 1. The number of benzene rings is 1. The highest BCUT2D eigenvalue weighted by atomic mass is 19.1. The molecule has 0 bridgehead atoms. The molecular formula is C19H22FN5O3. The molecule has 2 atom stereocenters. The van der Waals surface area contributed by atoms with Crippen LogP contribution >= 0.6 is 0 Å². The van der Waals surface area contributed by atoms with Gasteiger partial charge in [0.15, 0.2) is 0 Å². The third-order valence-electron chi connectivity index (χ3n) is 4.09. The molecule has 0 aliphatic heterocycles. The number of amides is 2. The summed E-state index contributed by atoms with van der Waals surface area (Å²) >= 11 is 0. The number of methoxy groups -OCH3 is 1. The molecule has 0 spiro atoms. The SMILES string of the molecule is COCC(C)Oc1n[nH]c2cc(NC(=O)N[C@H](C)c3ccc(F)cc3)ncc12. The number of hydrogen-bond donors (Lipinski definition) is 3. The summed E-state index contributed by atoms with van der Waals surface area (Å²) in [6.45, 7) is 4.12. The lowest BCUT2D eigenvalue weighted by molar-refractivity contribution is 0.0899. The van der Waals surface area contributed by atoms with E-state index in [2.05, 4.69) is 25.8 Å². The van der Waals surface area contributed by atoms with Crippen molar-refractivity contribution < 1.29 is 18.7 Å². The molecule has 2 heterocycles. The molecule has 3 aromatic rings. The zero-order chi connectivity index (χ0) is 20.1. The summed E-state index contributed by atoms with van der Waals surface area (Å²) in [5, 5.41) is 13.1. The molecule has 0 saturated carbocycles. The molecular weight excluding hydrogens is 365 g/mol. The summed E-state index contributed by atoms with van der Waals surface area (Å²) < 4.78 is 23.8. The lowest BCUT2D eigenvalue weighted by Gasteiger charge is -2.15. The van der Waals surface area contributed by atoms with Gasteiger partial charge in [0.05, 0.1) is 23.6 Å². The number of anilines is 1. The number of H-pyrrole nitrogens is 1. The number of carbonyl (C=O) groups is 1. The molecule has 3 N–H and O–H groups in total. The lowest BCUT2D eigenvalue weighted by Crippen LogP contribution is -2.31. The Morgan fingerprint density at radius 1 is 1.29 bits per heavy atom. The first kappa shape index (κ1) is 19.6. The maximum Gasteiger partial charge on any atom is 0.320 e. The number of aromatic nitrogens is 3. The van der Waals surface area contributed by atoms with Crippen LogP contribution in [-0.2, 0) is 4.74 Å². The predicted molar refractivity (Wildman–Crippen MR) is 103 cm³/mol. The van der Waals surface area contributed by atoms with Gasteiger partial charge in [-0.05, 0) is 31.5 Å². The molecule has 0 radical (unpaired) electrons. The molecule has 0 aliphatic carbocycles. The van der Waals surface area contributed by atoms with E-state index in [1.165, 1.54) is 12.1 Å². The third kappa shape index (κ3) is 4.74. The first-order valence-electron chi connectivity index (χ1n) is 8.79. The first-order valence-corrected chi connectivity index (χ1v) is 8.79. The Bertz CT molecular complexity index is 944. The van der Waals surface area contributed by atoms with Crippen LogP contribution in [0.5, 0.6) is 5.88 Å². The van der Waals surface area contributed by atoms with Crippen LogP contribution in [0.3, 0.4) is 0 Å². The van der Waals surface area contributed by atoms with E-state index in [-0.39, 0.29) is 18.0 Å². The van der Waals surface area contributed by atoms with Gasteiger partial charge in [0.25, 0.3) is 0 Å². The second-order valence-corrected chi connectivity index (χ2v) is 6.40. The molecule has 9 heteroatoms. The van der Waals surface area contributed by atoms with Crippen molar-refractivity contribution in [3.8, 4) is 5.88 Å². The van der Waals surface area contributed by atoms with Crippen LogP contribution in [0.25, 0.3) is 10.9 Å². The fourth-order valence-corrected chi connectivity index (χ4v) is 2.69. The predicted octanol–water partition coefficient (Wildman–Crippen LogP) is 3.39. The van der Waals surface area contributed by atoms with Crippen LogP contribution in [0, 0.1) is 5.82 Å². The van der Waals surface area contributed by atoms with Gasteiger partial charge in [-0.15, -0.1) is 5.10 Å². The zero-order valence-electron chi connectivity index (χ0n) is 15.8. The van der Waals surface area contributed by atoms with Crippen LogP contribution in [0.2, 0.25) is 0 Å². The summed E-state index contributed by atoms with van der Waals surface area (Å²) in [5.74, 6) is 0.460. The minimum Gasteiger partial charge on any atom is -0.471 e. The van der Waals surface area contributed by atoms with E-state index in [9.17, 15) is 9.18 Å². The van der Waals surface area contributed by atoms with Crippen molar-refractivity contribution in [1.82, 2.24) is 20.5 Å². The molecule has 8 nitrogen and oxygen atoms in total. The molecule has 1 unspecified atom stereocenters. The fraction of sp³-hybridized carbons (Fsp3) is 0.316. The van der Waals surface area contributed by atoms with Gasteiger partial charge in [-0.3, -0.25) is 10.4 Å². The number of hydrogen-bond acceptors (Lipinski definition) is 5. The summed E-state index contributed by atoms with van der Waals surface area (Å²) in [6.07, 6.45) is 1.42. The van der Waals surface area contributed by atoms with E-state index in [0.717, 1.165) is 5.56 Å². The van der Waals surface area contributed by atoms with E-state index in [1.54, 1.807) is 31.5 Å². The highest BCUT2D eigenvalue weighted by Gasteiger charge is 2.14. The molecule has 2 amide bonds. The molecule has 0 aliphatic rings. The van der Waals surface area contributed by atoms with Crippen molar-refractivity contribution >= 4 is 22.8 Å². The van der Waals surface area contributed by atoms with E-state index in [4.69, 9.17) is 9.47 Å². The average Bonchev–Trinajstić information content (AvgIpc) is 3.04. The van der Waals surface area contributed by atoms with E-state index in [0.29, 0.717) is 29.2 Å². The summed E-state index contributed by atoms with van der Waals surface area (Å²) in [6, 6.07) is 6.91. The maximum atomic E-state index is 13.0. The van der Waals surface area contributed by atoms with Crippen molar-refractivity contribution in [2.24, 2.45) is 0 Å². The highest BCUT2D eigenvalue weighted by Crippen LogP contribution is 2.24. The van der Waals surface area contributed by atoms with Gasteiger partial charge in [-0.2, -0.15) is 0 Å². The Morgan fingerprint density at radius 3 is 2.75 bits per heavy atom. The number of pyridine rings is 1. The smallest absolute Gasteiger partial charge is 0.320 e. The molecule has 0 fully saturated rings. The second kappa shape index (κ2) is 8.66. The van der Waals surface area contributed by atoms with Crippen molar-refractivity contribution in [2.45, 2.75) is 26.0 Å². The molecule has 2 aromatic heterocycles. The number of rotatable bonds is 7. The number of carbonyl (C=O) groups excluding carboxylic acids is 1. The molecule has 148 valence electrons. The van der Waals surface area contributed by atoms with Crippen LogP contribution in [0.1, 0.15) is 25.5 Å². The highest BCUT2D eigenvalue weighted by molar-refractivity contribution is 5.92. The molecule has 0 saturated heterocycles. The summed E-state index contributed by atoms with van der Waals surface area (Å²) in [7, 11) is 1.60. The minimum atomic E-state index is -0.423. The van der Waals surface area contributed by atoms with Crippen LogP contribution < -0.4 is 15.4 Å². The fourth-order valence-electron chi connectivity index (χ4n) is 2.69. The van der Waals surface area contributed by atoms with Gasteiger partial charge in [0.1, 0.15) is 17.7 Å². The van der Waals surface area contributed by atoms with Crippen molar-refractivity contribution in [1.29, 1.82) is 0 Å². The van der Waals surface area contributed by atoms with Gasteiger partial charge in [0, 0.05) is 19.4 Å². The lowest BCUT2D eigenvalue weighted by atomic mass is 10.1. The average molecular weight is 387 g/mol. The number of aromatic amines is 1. The number of fused-ring (bicyclic) bond motifs is 1. The zero-order valence-corrected chi connectivity index (χ0v) is 15.8. The van der Waals surface area contributed by atoms with Gasteiger partial charge in [-0.1, -0.05) is 12.1 Å². The molecule has 28 heavy (non-hydrogen) atoms. The molecule has 3 rings (SSSR count). The summed E-state index contributed by atoms with van der Waals surface area (Å²) in [5.41, 5.74) is 1.47. The van der Waals surface area contributed by atoms with E-state index < -0.39 is 6.03 Å². The monoisotopic (exact) mass is 387 g/mol. The van der Waals surface area contributed by atoms with Crippen LogP contribution in [-0.4, -0.2) is 41.0 Å². The first-order chi connectivity index (χ1) is 13.5. The summed E-state index contributed by atoms with van der Waals surface area (Å²) in [4.78, 5) is 16.5. The minimum absolute atomic E-state index is 0.159. The van der Waals surface area contributed by atoms with Gasteiger partial charge in [-0.25, -0.2) is 14.2 Å². The molecule has 1 aromatic carbocycles.